The van der Waals surface area contributed by atoms with Gasteiger partial charge in [0, 0.05) is 12.4 Å². The van der Waals surface area contributed by atoms with Crippen LogP contribution in [-0.2, 0) is 0 Å². The Morgan fingerprint density at radius 3 is 3.00 bits per heavy atom. The molecule has 1 N–H and O–H groups in total. The molecule has 0 saturated carbocycles. The SMILES string of the molecule is C=CN/N=C\CC. The molecule has 0 aromatic rings. The van der Waals surface area contributed by atoms with Crippen LogP contribution in [0.15, 0.2) is 17.9 Å². The van der Waals surface area contributed by atoms with Crippen molar-refractivity contribution in [2.75, 3.05) is 0 Å². The Bertz CT molecular complexity index is 66.5. The number of nitrogens with zero attached hydrogens (tertiary/aromatic N) is 1. The molecule has 0 fully saturated rings. The topological polar surface area (TPSA) is 24.4 Å². The fourth-order valence-corrected chi connectivity index (χ4v) is 0.197. The highest BCUT2D eigenvalue weighted by atomic mass is 15.3. The van der Waals surface area contributed by atoms with E-state index in [9.17, 15) is 0 Å². The Kier molecular flexibility index (Phi) is 4.62. The Balaban J connectivity index is 2.92. The summed E-state index contributed by atoms with van der Waals surface area (Å²) < 4.78 is 0. The molecule has 0 saturated heterocycles. The first kappa shape index (κ1) is 6.21. The van der Waals surface area contributed by atoms with E-state index in [1.807, 2.05) is 6.92 Å². The van der Waals surface area contributed by atoms with Gasteiger partial charge in [0.15, 0.2) is 0 Å². The Hall–Kier alpha value is -0.790. The van der Waals surface area contributed by atoms with Crippen molar-refractivity contribution in [3.05, 3.63) is 12.8 Å². The molecule has 0 heterocycles. The van der Waals surface area contributed by atoms with Crippen LogP contribution >= 0.6 is 0 Å². The molecule has 0 atom stereocenters. The van der Waals surface area contributed by atoms with Crippen molar-refractivity contribution in [3.63, 3.8) is 0 Å². The highest BCUT2D eigenvalue weighted by Crippen LogP contribution is 1.63. The lowest BCUT2D eigenvalue weighted by Crippen LogP contribution is -1.90. The second-order valence-corrected chi connectivity index (χ2v) is 1.05. The lowest BCUT2D eigenvalue weighted by molar-refractivity contribution is 0.970. The van der Waals surface area contributed by atoms with Gasteiger partial charge in [-0.05, 0) is 6.42 Å². The molecule has 0 unspecified atom stereocenters. The summed E-state index contributed by atoms with van der Waals surface area (Å²) in [6.07, 6.45) is 4.27. The van der Waals surface area contributed by atoms with Crippen LogP contribution in [0.5, 0.6) is 0 Å². The van der Waals surface area contributed by atoms with Gasteiger partial charge in [0.05, 0.1) is 0 Å². The van der Waals surface area contributed by atoms with E-state index in [0.29, 0.717) is 0 Å². The third-order valence-electron chi connectivity index (χ3n) is 0.440. The second-order valence-electron chi connectivity index (χ2n) is 1.05. The van der Waals surface area contributed by atoms with Crippen LogP contribution < -0.4 is 5.43 Å². The standard InChI is InChI=1S/C5H10N2/c1-3-5-7-6-4-2/h4-6H,2-3H2,1H3/b7-5-. The average Bonchev–Trinajstić information content (AvgIpc) is 1.69. The van der Waals surface area contributed by atoms with Gasteiger partial charge < -0.3 is 0 Å². The molecule has 0 aliphatic rings. The van der Waals surface area contributed by atoms with Gasteiger partial charge in [0.25, 0.3) is 0 Å². The number of nitrogens with one attached hydrogen (secondary N) is 1. The maximum atomic E-state index is 3.72. The van der Waals surface area contributed by atoms with Crippen LogP contribution in [0.2, 0.25) is 0 Å². The van der Waals surface area contributed by atoms with Crippen molar-refractivity contribution in [2.24, 2.45) is 5.10 Å². The molecule has 0 aromatic heterocycles. The van der Waals surface area contributed by atoms with Gasteiger partial charge in [-0.25, -0.2) is 0 Å². The molecule has 0 bridgehead atoms. The molecule has 2 heteroatoms. The zero-order valence-corrected chi connectivity index (χ0v) is 4.52. The molecule has 0 radical (unpaired) electrons. The van der Waals surface area contributed by atoms with E-state index in [2.05, 4.69) is 17.1 Å². The van der Waals surface area contributed by atoms with Crippen LogP contribution in [0.3, 0.4) is 0 Å². The number of hydrogen-bond donors (Lipinski definition) is 1. The normalized spacial score (nSPS) is 9.29. The lowest BCUT2D eigenvalue weighted by atomic mass is 10.6. The second kappa shape index (κ2) is 5.21. The largest absolute Gasteiger partial charge is 0.287 e. The minimum atomic E-state index is 0.959. The number of hydrazone groups is 1. The van der Waals surface area contributed by atoms with Crippen LogP contribution in [0.1, 0.15) is 13.3 Å². The Labute approximate surface area is 43.9 Å². The van der Waals surface area contributed by atoms with E-state index in [1.165, 1.54) is 6.20 Å². The molecule has 0 aromatic carbocycles. The first-order valence-electron chi connectivity index (χ1n) is 2.29. The van der Waals surface area contributed by atoms with Crippen molar-refractivity contribution >= 4 is 6.21 Å². The quantitative estimate of drug-likeness (QED) is 0.415. The first-order chi connectivity index (χ1) is 3.41. The minimum Gasteiger partial charge on any atom is -0.287 e. The molecular weight excluding hydrogens is 88.1 g/mol. The zero-order valence-electron chi connectivity index (χ0n) is 4.52. The summed E-state index contributed by atoms with van der Waals surface area (Å²) >= 11 is 0. The van der Waals surface area contributed by atoms with Crippen molar-refractivity contribution in [3.8, 4) is 0 Å². The Morgan fingerprint density at radius 2 is 2.57 bits per heavy atom. The molecule has 7 heavy (non-hydrogen) atoms. The predicted molar refractivity (Wildman–Crippen MR) is 32.1 cm³/mol. The van der Waals surface area contributed by atoms with E-state index < -0.39 is 0 Å². The predicted octanol–water partition coefficient (Wildman–Crippen LogP) is 1.12. The highest BCUT2D eigenvalue weighted by Gasteiger charge is 1.60. The molecule has 0 aliphatic carbocycles. The van der Waals surface area contributed by atoms with E-state index in [4.69, 9.17) is 0 Å². The summed E-state index contributed by atoms with van der Waals surface area (Å²) in [6.45, 7) is 5.43. The van der Waals surface area contributed by atoms with Crippen molar-refractivity contribution in [1.29, 1.82) is 0 Å². The van der Waals surface area contributed by atoms with Gasteiger partial charge in [-0.1, -0.05) is 13.5 Å². The molecule has 0 aliphatic heterocycles. The molecule has 0 amide bonds. The van der Waals surface area contributed by atoms with E-state index in [-0.39, 0.29) is 0 Å². The molecule has 40 valence electrons. The highest BCUT2D eigenvalue weighted by molar-refractivity contribution is 5.56. The summed E-state index contributed by atoms with van der Waals surface area (Å²) in [6, 6.07) is 0. The van der Waals surface area contributed by atoms with Gasteiger partial charge in [0.1, 0.15) is 0 Å². The number of rotatable bonds is 3. The molecule has 2 nitrogen and oxygen atoms in total. The molecular formula is C5H10N2. The lowest BCUT2D eigenvalue weighted by Gasteiger charge is -1.81. The van der Waals surface area contributed by atoms with Crippen LogP contribution in [-0.4, -0.2) is 6.21 Å². The Morgan fingerprint density at radius 1 is 1.86 bits per heavy atom. The van der Waals surface area contributed by atoms with Crippen molar-refractivity contribution in [2.45, 2.75) is 13.3 Å². The molecule has 0 spiro atoms. The average molecular weight is 98.1 g/mol. The minimum absolute atomic E-state index is 0.959. The van der Waals surface area contributed by atoms with Crippen LogP contribution in [0.4, 0.5) is 0 Å². The van der Waals surface area contributed by atoms with Gasteiger partial charge >= 0.3 is 0 Å². The van der Waals surface area contributed by atoms with E-state index >= 15 is 0 Å². The zero-order chi connectivity index (χ0) is 5.54. The summed E-state index contributed by atoms with van der Waals surface area (Å²) in [5.41, 5.74) is 2.58. The van der Waals surface area contributed by atoms with E-state index in [1.54, 1.807) is 6.21 Å². The van der Waals surface area contributed by atoms with E-state index in [0.717, 1.165) is 6.42 Å². The summed E-state index contributed by atoms with van der Waals surface area (Å²) in [4.78, 5) is 0. The van der Waals surface area contributed by atoms with Gasteiger partial charge in [-0.15, -0.1) is 0 Å². The maximum absolute atomic E-state index is 3.72. The fraction of sp³-hybridized carbons (Fsp3) is 0.400. The maximum Gasteiger partial charge on any atom is 0.0243 e. The number of hydrogen-bond acceptors (Lipinski definition) is 2. The third kappa shape index (κ3) is 5.21. The summed E-state index contributed by atoms with van der Waals surface area (Å²) in [5.74, 6) is 0. The van der Waals surface area contributed by atoms with Crippen molar-refractivity contribution in [1.82, 2.24) is 5.43 Å². The van der Waals surface area contributed by atoms with Gasteiger partial charge in [0.2, 0.25) is 0 Å². The molecule has 0 rings (SSSR count). The van der Waals surface area contributed by atoms with Crippen LogP contribution in [0, 0.1) is 0 Å². The monoisotopic (exact) mass is 98.1 g/mol. The smallest absolute Gasteiger partial charge is 0.0243 e. The van der Waals surface area contributed by atoms with Crippen molar-refractivity contribution < 1.29 is 0 Å². The summed E-state index contributed by atoms with van der Waals surface area (Å²) in [5, 5.41) is 3.72. The van der Waals surface area contributed by atoms with Gasteiger partial charge in [-0.3, -0.25) is 5.43 Å². The summed E-state index contributed by atoms with van der Waals surface area (Å²) in [7, 11) is 0. The third-order valence-corrected chi connectivity index (χ3v) is 0.440. The fourth-order valence-electron chi connectivity index (χ4n) is 0.197. The first-order valence-corrected chi connectivity index (χ1v) is 2.29. The van der Waals surface area contributed by atoms with Crippen LogP contribution in [0.25, 0.3) is 0 Å². The van der Waals surface area contributed by atoms with Gasteiger partial charge in [-0.2, -0.15) is 5.10 Å².